The Morgan fingerprint density at radius 3 is 2.48 bits per heavy atom. The van der Waals surface area contributed by atoms with E-state index in [2.05, 4.69) is 5.10 Å². The van der Waals surface area contributed by atoms with Crippen LogP contribution in [0.3, 0.4) is 0 Å². The van der Waals surface area contributed by atoms with Gasteiger partial charge in [-0.1, -0.05) is 29.8 Å². The third-order valence-electron chi connectivity index (χ3n) is 4.21. The van der Waals surface area contributed by atoms with Crippen LogP contribution in [0.1, 0.15) is 5.56 Å². The van der Waals surface area contributed by atoms with E-state index in [0.29, 0.717) is 5.01 Å². The number of halogens is 4. The zero-order valence-electron chi connectivity index (χ0n) is 14.4. The largest absolute Gasteiger partial charge is 0.463 e. The van der Waals surface area contributed by atoms with Crippen molar-refractivity contribution in [1.82, 2.24) is 0 Å². The molecule has 2 heterocycles. The summed E-state index contributed by atoms with van der Waals surface area (Å²) in [5.41, 5.74) is -2.61. The van der Waals surface area contributed by atoms with Gasteiger partial charge in [0.2, 0.25) is 0 Å². The van der Waals surface area contributed by atoms with Crippen molar-refractivity contribution >= 4 is 46.0 Å². The van der Waals surface area contributed by atoms with Gasteiger partial charge >= 0.3 is 6.18 Å². The average molecular weight is 419 g/mol. The van der Waals surface area contributed by atoms with Crippen molar-refractivity contribution < 1.29 is 22.4 Å². The second-order valence-corrected chi connectivity index (χ2v) is 6.55. The SMILES string of the molecule is O=C1/C(=C\c2coc3ccc(Cl)cc3c2=O)C(C(F)(F)F)=NN1c1ccccc1. The minimum atomic E-state index is -4.90. The molecule has 0 bridgehead atoms. The van der Waals surface area contributed by atoms with Gasteiger partial charge in [0.1, 0.15) is 11.8 Å². The van der Waals surface area contributed by atoms with E-state index in [1.807, 2.05) is 0 Å². The van der Waals surface area contributed by atoms with Crippen molar-refractivity contribution in [2.24, 2.45) is 5.10 Å². The third kappa shape index (κ3) is 3.42. The van der Waals surface area contributed by atoms with Crippen LogP contribution in [-0.2, 0) is 4.79 Å². The number of hydrogen-bond acceptors (Lipinski definition) is 4. The van der Waals surface area contributed by atoms with E-state index in [9.17, 15) is 22.8 Å². The summed E-state index contributed by atoms with van der Waals surface area (Å²) in [6.45, 7) is 0. The molecular formula is C20H10ClF3N2O3. The molecule has 0 spiro atoms. The fourth-order valence-electron chi connectivity index (χ4n) is 2.87. The lowest BCUT2D eigenvalue weighted by Gasteiger charge is -2.10. The summed E-state index contributed by atoms with van der Waals surface area (Å²) >= 11 is 5.88. The molecule has 0 fully saturated rings. The first-order chi connectivity index (χ1) is 13.8. The zero-order valence-corrected chi connectivity index (χ0v) is 15.2. The Labute approximate surface area is 166 Å². The molecular weight excluding hydrogens is 409 g/mol. The van der Waals surface area contributed by atoms with Crippen molar-refractivity contribution in [3.8, 4) is 0 Å². The molecule has 1 amide bonds. The number of anilines is 1. The Morgan fingerprint density at radius 2 is 1.79 bits per heavy atom. The highest BCUT2D eigenvalue weighted by Crippen LogP contribution is 2.32. The van der Waals surface area contributed by atoms with Gasteiger partial charge in [-0.05, 0) is 36.4 Å². The number of nitrogens with zero attached hydrogens (tertiary/aromatic N) is 2. The average Bonchev–Trinajstić information content (AvgIpc) is 3.02. The molecule has 0 saturated carbocycles. The highest BCUT2D eigenvalue weighted by atomic mass is 35.5. The maximum absolute atomic E-state index is 13.5. The summed E-state index contributed by atoms with van der Waals surface area (Å²) in [7, 11) is 0. The van der Waals surface area contributed by atoms with Crippen LogP contribution in [0.5, 0.6) is 0 Å². The van der Waals surface area contributed by atoms with E-state index in [1.54, 1.807) is 18.2 Å². The molecule has 9 heteroatoms. The number of alkyl halides is 3. The van der Waals surface area contributed by atoms with Gasteiger partial charge in [-0.3, -0.25) is 9.59 Å². The summed E-state index contributed by atoms with van der Waals surface area (Å²) in [4.78, 5) is 25.4. The van der Waals surface area contributed by atoms with E-state index in [4.69, 9.17) is 16.0 Å². The summed E-state index contributed by atoms with van der Waals surface area (Å²) in [6.07, 6.45) is -3.06. The normalized spacial score (nSPS) is 16.0. The molecule has 0 radical (unpaired) electrons. The lowest BCUT2D eigenvalue weighted by molar-refractivity contribution is -0.114. The molecule has 4 rings (SSSR count). The zero-order chi connectivity index (χ0) is 20.8. The first kappa shape index (κ1) is 18.9. The van der Waals surface area contributed by atoms with E-state index in [1.165, 1.54) is 30.3 Å². The van der Waals surface area contributed by atoms with Gasteiger partial charge < -0.3 is 4.42 Å². The van der Waals surface area contributed by atoms with E-state index < -0.39 is 28.8 Å². The molecule has 5 nitrogen and oxygen atoms in total. The predicted octanol–water partition coefficient (Wildman–Crippen LogP) is 4.79. The molecule has 2 aromatic carbocycles. The number of fused-ring (bicyclic) bond motifs is 1. The highest BCUT2D eigenvalue weighted by molar-refractivity contribution is 6.34. The van der Waals surface area contributed by atoms with Crippen LogP contribution in [0, 0.1) is 0 Å². The van der Waals surface area contributed by atoms with E-state index in [-0.39, 0.29) is 27.2 Å². The summed E-state index contributed by atoms with van der Waals surface area (Å²) in [5, 5.41) is 4.44. The van der Waals surface area contributed by atoms with Crippen molar-refractivity contribution in [1.29, 1.82) is 0 Å². The second-order valence-electron chi connectivity index (χ2n) is 6.12. The Bertz CT molecular complexity index is 1250. The topological polar surface area (TPSA) is 62.9 Å². The van der Waals surface area contributed by atoms with Gasteiger partial charge in [0.05, 0.1) is 22.2 Å². The van der Waals surface area contributed by atoms with Crippen LogP contribution < -0.4 is 10.4 Å². The Balaban J connectivity index is 1.87. The molecule has 1 aromatic heterocycles. The Kier molecular flexibility index (Phi) is 4.50. The molecule has 29 heavy (non-hydrogen) atoms. The third-order valence-corrected chi connectivity index (χ3v) is 4.44. The van der Waals surface area contributed by atoms with Gasteiger partial charge in [0.15, 0.2) is 11.1 Å². The van der Waals surface area contributed by atoms with Crippen molar-refractivity contribution in [2.75, 3.05) is 5.01 Å². The fraction of sp³-hybridized carbons (Fsp3) is 0.0500. The van der Waals surface area contributed by atoms with Crippen LogP contribution in [-0.4, -0.2) is 17.8 Å². The summed E-state index contributed by atoms with van der Waals surface area (Å²) in [5.74, 6) is -1.01. The lowest BCUT2D eigenvalue weighted by Crippen LogP contribution is -2.25. The number of rotatable bonds is 2. The van der Waals surface area contributed by atoms with Gasteiger partial charge in [-0.25, -0.2) is 0 Å². The van der Waals surface area contributed by atoms with Crippen molar-refractivity contribution in [2.45, 2.75) is 6.18 Å². The maximum Gasteiger partial charge on any atom is 0.435 e. The monoisotopic (exact) mass is 418 g/mol. The van der Waals surface area contributed by atoms with Crippen LogP contribution in [0.15, 0.2) is 74.7 Å². The summed E-state index contributed by atoms with van der Waals surface area (Å²) < 4.78 is 45.8. The predicted molar refractivity (Wildman–Crippen MR) is 103 cm³/mol. The first-order valence-corrected chi connectivity index (χ1v) is 8.62. The number of carbonyl (C=O) groups excluding carboxylic acids is 1. The highest BCUT2D eigenvalue weighted by Gasteiger charge is 2.46. The van der Waals surface area contributed by atoms with E-state index >= 15 is 0 Å². The Hall–Kier alpha value is -3.39. The maximum atomic E-state index is 13.5. The van der Waals surface area contributed by atoms with Gasteiger partial charge in [0, 0.05) is 5.02 Å². The summed E-state index contributed by atoms with van der Waals surface area (Å²) in [6, 6.07) is 12.0. The van der Waals surface area contributed by atoms with Crippen LogP contribution in [0.4, 0.5) is 18.9 Å². The number of hydrazone groups is 1. The second kappa shape index (κ2) is 6.89. The molecule has 0 atom stereocenters. The standard InChI is InChI=1S/C20H10ClF3N2O3/c21-12-6-7-16-14(9-12)17(27)11(10-29-16)8-15-18(20(22,23)24)25-26(19(15)28)13-4-2-1-3-5-13/h1-10H/b15-8-. The molecule has 1 aliphatic heterocycles. The van der Waals surface area contributed by atoms with E-state index in [0.717, 1.165) is 12.3 Å². The number of carbonyl (C=O) groups is 1. The minimum absolute atomic E-state index is 0.0858. The van der Waals surface area contributed by atoms with Crippen LogP contribution in [0.2, 0.25) is 5.02 Å². The molecule has 1 aliphatic rings. The van der Waals surface area contributed by atoms with Gasteiger partial charge in [-0.2, -0.15) is 23.3 Å². The quantitative estimate of drug-likeness (QED) is 0.562. The van der Waals surface area contributed by atoms with Gasteiger partial charge in [0.25, 0.3) is 5.91 Å². The smallest absolute Gasteiger partial charge is 0.435 e. The van der Waals surface area contributed by atoms with Crippen molar-refractivity contribution in [3.05, 3.63) is 81.2 Å². The molecule has 146 valence electrons. The number of hydrogen-bond donors (Lipinski definition) is 0. The molecule has 0 saturated heterocycles. The number of benzene rings is 2. The van der Waals surface area contributed by atoms with Gasteiger partial charge in [-0.15, -0.1) is 0 Å². The molecule has 0 N–H and O–H groups in total. The minimum Gasteiger partial charge on any atom is -0.463 e. The van der Waals surface area contributed by atoms with Crippen LogP contribution in [0.25, 0.3) is 17.0 Å². The first-order valence-electron chi connectivity index (χ1n) is 8.24. The fourth-order valence-corrected chi connectivity index (χ4v) is 3.04. The molecule has 3 aromatic rings. The molecule has 0 aliphatic carbocycles. The molecule has 0 unspecified atom stereocenters. The number of amides is 1. The van der Waals surface area contributed by atoms with Crippen molar-refractivity contribution in [3.63, 3.8) is 0 Å². The lowest BCUT2D eigenvalue weighted by atomic mass is 10.1. The number of para-hydroxylation sites is 1. The Morgan fingerprint density at radius 1 is 1.07 bits per heavy atom. The van der Waals surface area contributed by atoms with Crippen LogP contribution >= 0.6 is 11.6 Å².